The van der Waals surface area contributed by atoms with Crippen LogP contribution < -0.4 is 11.1 Å². The largest absolute Gasteiger partial charge is 0.347 e. The summed E-state index contributed by atoms with van der Waals surface area (Å²) in [5.41, 5.74) is 7.41. The van der Waals surface area contributed by atoms with Gasteiger partial charge in [-0.25, -0.2) is 0 Å². The maximum absolute atomic E-state index is 12.4. The molecule has 1 aliphatic heterocycles. The number of amides is 2. The van der Waals surface area contributed by atoms with E-state index in [1.165, 1.54) is 24.8 Å². The Morgan fingerprint density at radius 1 is 1.08 bits per heavy atom. The Hall–Kier alpha value is -1.88. The van der Waals surface area contributed by atoms with Crippen LogP contribution >= 0.6 is 0 Å². The van der Waals surface area contributed by atoms with E-state index in [1.54, 1.807) is 4.90 Å². The van der Waals surface area contributed by atoms with E-state index in [0.29, 0.717) is 25.4 Å². The molecule has 25 heavy (non-hydrogen) atoms. The van der Waals surface area contributed by atoms with Crippen molar-refractivity contribution in [1.82, 2.24) is 10.2 Å². The van der Waals surface area contributed by atoms with Crippen LogP contribution in [0.3, 0.4) is 0 Å². The first-order chi connectivity index (χ1) is 12.1. The van der Waals surface area contributed by atoms with E-state index in [2.05, 4.69) is 17.4 Å². The van der Waals surface area contributed by atoms with Crippen LogP contribution in [-0.2, 0) is 9.59 Å². The second-order valence-electron chi connectivity index (χ2n) is 7.46. The fourth-order valence-corrected chi connectivity index (χ4v) is 4.10. The quantitative estimate of drug-likeness (QED) is 0.859. The van der Waals surface area contributed by atoms with E-state index in [0.717, 1.165) is 12.8 Å². The van der Waals surface area contributed by atoms with E-state index in [-0.39, 0.29) is 30.3 Å². The molecule has 2 atom stereocenters. The zero-order valence-corrected chi connectivity index (χ0v) is 14.8. The van der Waals surface area contributed by atoms with Crippen LogP contribution in [0, 0.1) is 5.92 Å². The second kappa shape index (κ2) is 8.48. The molecule has 3 rings (SSSR count). The highest BCUT2D eigenvalue weighted by Gasteiger charge is 2.33. The van der Waals surface area contributed by atoms with Crippen molar-refractivity contribution in [3.8, 4) is 0 Å². The molecule has 5 nitrogen and oxygen atoms in total. The van der Waals surface area contributed by atoms with Gasteiger partial charge >= 0.3 is 0 Å². The van der Waals surface area contributed by atoms with Crippen LogP contribution in [-0.4, -0.2) is 42.4 Å². The monoisotopic (exact) mass is 343 g/mol. The van der Waals surface area contributed by atoms with Crippen molar-refractivity contribution in [2.24, 2.45) is 11.7 Å². The number of nitrogens with zero attached hydrogens (tertiary/aromatic N) is 1. The summed E-state index contributed by atoms with van der Waals surface area (Å²) in [6, 6.07) is 10.0. The highest BCUT2D eigenvalue weighted by Crippen LogP contribution is 2.27. The number of nitrogens with one attached hydrogen (secondary N) is 1. The molecule has 2 fully saturated rings. The third-order valence-electron chi connectivity index (χ3n) is 5.58. The first-order valence-electron chi connectivity index (χ1n) is 9.48. The third kappa shape index (κ3) is 4.82. The van der Waals surface area contributed by atoms with E-state index >= 15 is 0 Å². The Morgan fingerprint density at radius 3 is 2.52 bits per heavy atom. The molecule has 1 heterocycles. The summed E-state index contributed by atoms with van der Waals surface area (Å²) in [5.74, 6) is 0.629. The minimum absolute atomic E-state index is 0.00311. The summed E-state index contributed by atoms with van der Waals surface area (Å²) in [6.45, 7) is 1.26. The van der Waals surface area contributed by atoms with Crippen molar-refractivity contribution in [1.29, 1.82) is 0 Å². The molecule has 0 aromatic heterocycles. The Labute approximate surface area is 150 Å². The van der Waals surface area contributed by atoms with Crippen molar-refractivity contribution in [3.63, 3.8) is 0 Å². The Bertz CT molecular complexity index is 584. The fourth-order valence-electron chi connectivity index (χ4n) is 4.10. The van der Waals surface area contributed by atoms with Gasteiger partial charge in [-0.1, -0.05) is 49.6 Å². The van der Waals surface area contributed by atoms with Gasteiger partial charge in [-0.2, -0.15) is 0 Å². The van der Waals surface area contributed by atoms with Gasteiger partial charge in [0.05, 0.1) is 6.54 Å². The molecule has 0 radical (unpaired) electrons. The van der Waals surface area contributed by atoms with Crippen LogP contribution in [0.5, 0.6) is 0 Å². The zero-order chi connectivity index (χ0) is 17.6. The van der Waals surface area contributed by atoms with Crippen LogP contribution in [0.15, 0.2) is 30.3 Å². The van der Waals surface area contributed by atoms with E-state index in [1.807, 2.05) is 18.2 Å². The number of nitrogens with two attached hydrogens (primary N) is 1. The van der Waals surface area contributed by atoms with Crippen molar-refractivity contribution >= 4 is 11.8 Å². The van der Waals surface area contributed by atoms with Crippen molar-refractivity contribution in [2.75, 3.05) is 19.6 Å². The van der Waals surface area contributed by atoms with Gasteiger partial charge in [-0.3, -0.25) is 9.59 Å². The Kier molecular flexibility index (Phi) is 6.08. The number of carbonyl (C=O) groups excluding carboxylic acids is 2. The molecule has 2 amide bonds. The predicted molar refractivity (Wildman–Crippen MR) is 97.9 cm³/mol. The minimum atomic E-state index is -0.0516. The van der Waals surface area contributed by atoms with Crippen molar-refractivity contribution < 1.29 is 9.59 Å². The predicted octanol–water partition coefficient (Wildman–Crippen LogP) is 2.03. The topological polar surface area (TPSA) is 75.4 Å². The minimum Gasteiger partial charge on any atom is -0.347 e. The van der Waals surface area contributed by atoms with Gasteiger partial charge in [0.25, 0.3) is 0 Å². The lowest BCUT2D eigenvalue weighted by Crippen LogP contribution is -2.40. The Balaban J connectivity index is 1.44. The molecule has 136 valence electrons. The molecule has 3 N–H and O–H groups in total. The summed E-state index contributed by atoms with van der Waals surface area (Å²) in [4.78, 5) is 26.3. The molecule has 1 aromatic rings. The van der Waals surface area contributed by atoms with Gasteiger partial charge < -0.3 is 16.0 Å². The summed E-state index contributed by atoms with van der Waals surface area (Å²) in [6.07, 6.45) is 6.57. The van der Waals surface area contributed by atoms with Gasteiger partial charge in [0.2, 0.25) is 11.8 Å². The number of hydrogen-bond donors (Lipinski definition) is 2. The normalized spacial score (nSPS) is 24.3. The summed E-state index contributed by atoms with van der Waals surface area (Å²) in [5, 5.41) is 2.81. The van der Waals surface area contributed by atoms with Gasteiger partial charge in [-0.05, 0) is 24.3 Å². The highest BCUT2D eigenvalue weighted by atomic mass is 16.2. The first kappa shape index (κ1) is 17.9. The van der Waals surface area contributed by atoms with Gasteiger partial charge in [0.1, 0.15) is 0 Å². The smallest absolute Gasteiger partial charge is 0.242 e. The maximum atomic E-state index is 12.4. The standard InChI is InChI=1S/C20H29N3O2/c21-18-14-23(13-17(18)16-9-5-2-6-10-16)20(25)12-22-19(24)11-15-7-3-1-4-8-15/h2,5-6,9-10,15,17-18H,1,3-4,7-8,11-14,21H2,(H,22,24)/t17-,18+/m0/s1. The lowest BCUT2D eigenvalue weighted by atomic mass is 9.87. The average molecular weight is 343 g/mol. The second-order valence-corrected chi connectivity index (χ2v) is 7.46. The average Bonchev–Trinajstić information content (AvgIpc) is 3.03. The van der Waals surface area contributed by atoms with E-state index in [4.69, 9.17) is 5.73 Å². The molecule has 1 aliphatic carbocycles. The molecule has 0 unspecified atom stereocenters. The molecule has 1 aromatic carbocycles. The molecule has 1 saturated carbocycles. The molecule has 0 spiro atoms. The van der Waals surface area contributed by atoms with Crippen molar-refractivity contribution in [3.05, 3.63) is 35.9 Å². The van der Waals surface area contributed by atoms with Crippen LogP contribution in [0.25, 0.3) is 0 Å². The van der Waals surface area contributed by atoms with Gasteiger partial charge in [0.15, 0.2) is 0 Å². The fraction of sp³-hybridized carbons (Fsp3) is 0.600. The first-order valence-corrected chi connectivity index (χ1v) is 9.48. The Morgan fingerprint density at radius 2 is 1.80 bits per heavy atom. The number of likely N-dealkylation sites (tertiary alicyclic amines) is 1. The molecule has 0 bridgehead atoms. The number of carbonyl (C=O) groups is 2. The van der Waals surface area contributed by atoms with Gasteiger partial charge in [-0.15, -0.1) is 0 Å². The van der Waals surface area contributed by atoms with E-state index in [9.17, 15) is 9.59 Å². The molecular formula is C20H29N3O2. The summed E-state index contributed by atoms with van der Waals surface area (Å²) < 4.78 is 0. The molecule has 1 saturated heterocycles. The van der Waals surface area contributed by atoms with Crippen LogP contribution in [0.4, 0.5) is 0 Å². The number of benzene rings is 1. The SMILES string of the molecule is N[C@@H]1CN(C(=O)CNC(=O)CC2CCCCC2)C[C@H]1c1ccccc1. The van der Waals surface area contributed by atoms with Crippen LogP contribution in [0.2, 0.25) is 0 Å². The number of hydrogen-bond acceptors (Lipinski definition) is 3. The lowest BCUT2D eigenvalue weighted by molar-refractivity contribution is -0.132. The number of rotatable bonds is 5. The maximum Gasteiger partial charge on any atom is 0.242 e. The summed E-state index contributed by atoms with van der Waals surface area (Å²) >= 11 is 0. The third-order valence-corrected chi connectivity index (χ3v) is 5.58. The zero-order valence-electron chi connectivity index (χ0n) is 14.8. The van der Waals surface area contributed by atoms with E-state index < -0.39 is 0 Å². The molecule has 5 heteroatoms. The highest BCUT2D eigenvalue weighted by molar-refractivity contribution is 5.85. The summed E-state index contributed by atoms with van der Waals surface area (Å²) in [7, 11) is 0. The van der Waals surface area contributed by atoms with Gasteiger partial charge in [0, 0.05) is 31.5 Å². The van der Waals surface area contributed by atoms with Crippen LogP contribution in [0.1, 0.15) is 50.0 Å². The molecular weight excluding hydrogens is 314 g/mol. The molecule has 2 aliphatic rings. The lowest BCUT2D eigenvalue weighted by Gasteiger charge is -2.21. The van der Waals surface area contributed by atoms with Crippen molar-refractivity contribution in [2.45, 2.75) is 50.5 Å².